The minimum atomic E-state index is -0.484. The molecule has 0 aliphatic rings. The average molecular weight is 416 g/mol. The second-order valence-corrected chi connectivity index (χ2v) is 6.75. The molecule has 0 radical (unpaired) electrons. The van der Waals surface area contributed by atoms with Crippen LogP contribution in [0, 0.1) is 0 Å². The molecule has 1 aromatic heterocycles. The lowest BCUT2D eigenvalue weighted by Gasteiger charge is -2.11. The fourth-order valence-electron chi connectivity index (χ4n) is 2.12. The Labute approximate surface area is 176 Å². The molecule has 0 saturated heterocycles. The Morgan fingerprint density at radius 1 is 0.733 bits per heavy atom. The normalized spacial score (nSPS) is 10.1. The van der Waals surface area contributed by atoms with Crippen molar-refractivity contribution in [1.82, 2.24) is 9.97 Å². The summed E-state index contributed by atoms with van der Waals surface area (Å²) in [6.07, 6.45) is 2.62. The Morgan fingerprint density at radius 3 is 1.57 bits per heavy atom. The Hall–Kier alpha value is -3.29. The lowest BCUT2D eigenvalue weighted by molar-refractivity contribution is -0.139. The van der Waals surface area contributed by atoms with Crippen molar-refractivity contribution < 1.29 is 28.6 Å². The molecule has 0 amide bonds. The molecule has 0 aliphatic carbocycles. The highest BCUT2D eigenvalue weighted by atomic mass is 16.5. The summed E-state index contributed by atoms with van der Waals surface area (Å²) in [6, 6.07) is 0. The molecule has 0 bridgehead atoms. The summed E-state index contributed by atoms with van der Waals surface area (Å²) in [5.74, 6) is -1.43. The van der Waals surface area contributed by atoms with Gasteiger partial charge in [-0.15, -0.1) is 0 Å². The third kappa shape index (κ3) is 8.81. The molecule has 0 fully saturated rings. The first kappa shape index (κ1) is 24.7. The predicted octanol–water partition coefficient (Wildman–Crippen LogP) is 2.46. The van der Waals surface area contributed by atoms with Gasteiger partial charge in [-0.1, -0.05) is 19.7 Å². The minimum absolute atomic E-state index is 0.104. The number of hydrogen-bond donors (Lipinski definition) is 0. The Morgan fingerprint density at radius 2 is 1.13 bits per heavy atom. The van der Waals surface area contributed by atoms with Crippen molar-refractivity contribution in [3.05, 3.63) is 59.7 Å². The maximum Gasteiger partial charge on any atom is 0.333 e. The van der Waals surface area contributed by atoms with Crippen LogP contribution in [-0.2, 0) is 47.9 Å². The summed E-state index contributed by atoms with van der Waals surface area (Å²) in [5, 5.41) is 0. The van der Waals surface area contributed by atoms with Gasteiger partial charge in [0.1, 0.15) is 0 Å². The molecule has 8 heteroatoms. The van der Waals surface area contributed by atoms with Crippen molar-refractivity contribution in [3.63, 3.8) is 0 Å². The molecule has 0 aliphatic heterocycles. The lowest BCUT2D eigenvalue weighted by Crippen LogP contribution is -2.15. The van der Waals surface area contributed by atoms with Crippen molar-refractivity contribution in [2.24, 2.45) is 0 Å². The van der Waals surface area contributed by atoms with Gasteiger partial charge in [0, 0.05) is 42.2 Å². The zero-order valence-electron chi connectivity index (χ0n) is 17.8. The maximum absolute atomic E-state index is 11.6. The number of aromatic nitrogens is 2. The summed E-state index contributed by atoms with van der Waals surface area (Å²) in [6.45, 7) is 15.7. The zero-order valence-corrected chi connectivity index (χ0v) is 17.8. The van der Waals surface area contributed by atoms with E-state index in [0.29, 0.717) is 53.1 Å². The second-order valence-electron chi connectivity index (χ2n) is 6.75. The molecular formula is C22H28N2O6. The SMILES string of the molecule is C=C(C)C(=O)OCCc1cnc(CCOC(=O)C(=C)C)c(CCOC(=O)C(=C)C)n1. The highest BCUT2D eigenvalue weighted by Crippen LogP contribution is 2.09. The first-order chi connectivity index (χ1) is 14.1. The van der Waals surface area contributed by atoms with E-state index < -0.39 is 17.9 Å². The van der Waals surface area contributed by atoms with E-state index in [9.17, 15) is 14.4 Å². The van der Waals surface area contributed by atoms with Crippen LogP contribution in [0.1, 0.15) is 37.9 Å². The number of carbonyl (C=O) groups excluding carboxylic acids is 3. The quantitative estimate of drug-likeness (QED) is 0.291. The van der Waals surface area contributed by atoms with Crippen molar-refractivity contribution in [1.29, 1.82) is 0 Å². The number of esters is 3. The van der Waals surface area contributed by atoms with Gasteiger partial charge in [0.05, 0.1) is 36.9 Å². The first-order valence-electron chi connectivity index (χ1n) is 9.43. The van der Waals surface area contributed by atoms with Gasteiger partial charge in [-0.05, 0) is 20.8 Å². The van der Waals surface area contributed by atoms with E-state index in [4.69, 9.17) is 14.2 Å². The molecule has 1 heterocycles. The molecule has 0 atom stereocenters. The third-order valence-electron chi connectivity index (χ3n) is 3.76. The number of carbonyl (C=O) groups is 3. The topological polar surface area (TPSA) is 105 Å². The van der Waals surface area contributed by atoms with Gasteiger partial charge in [0.15, 0.2) is 0 Å². The monoisotopic (exact) mass is 416 g/mol. The fourth-order valence-corrected chi connectivity index (χ4v) is 2.12. The van der Waals surface area contributed by atoms with Gasteiger partial charge in [0.2, 0.25) is 0 Å². The molecule has 0 aromatic carbocycles. The summed E-state index contributed by atoms with van der Waals surface area (Å²) in [7, 11) is 0. The number of rotatable bonds is 12. The first-order valence-corrected chi connectivity index (χ1v) is 9.43. The smallest absolute Gasteiger partial charge is 0.333 e. The van der Waals surface area contributed by atoms with E-state index in [1.807, 2.05) is 0 Å². The van der Waals surface area contributed by atoms with Gasteiger partial charge >= 0.3 is 17.9 Å². The Balaban J connectivity index is 2.80. The summed E-state index contributed by atoms with van der Waals surface area (Å²) >= 11 is 0. The zero-order chi connectivity index (χ0) is 22.7. The van der Waals surface area contributed by atoms with Gasteiger partial charge in [-0.3, -0.25) is 9.97 Å². The van der Waals surface area contributed by atoms with Crippen LogP contribution in [0.4, 0.5) is 0 Å². The highest BCUT2D eigenvalue weighted by Gasteiger charge is 2.12. The summed E-state index contributed by atoms with van der Waals surface area (Å²) in [4.78, 5) is 43.5. The van der Waals surface area contributed by atoms with Crippen LogP contribution >= 0.6 is 0 Å². The number of nitrogens with zero attached hydrogens (tertiary/aromatic N) is 2. The van der Waals surface area contributed by atoms with Crippen LogP contribution < -0.4 is 0 Å². The fraction of sp³-hybridized carbons (Fsp3) is 0.409. The largest absolute Gasteiger partial charge is 0.462 e. The molecule has 30 heavy (non-hydrogen) atoms. The van der Waals surface area contributed by atoms with Gasteiger partial charge in [-0.2, -0.15) is 0 Å². The highest BCUT2D eigenvalue weighted by molar-refractivity contribution is 5.87. The molecule has 0 spiro atoms. The van der Waals surface area contributed by atoms with E-state index in [1.54, 1.807) is 27.0 Å². The molecular weight excluding hydrogens is 388 g/mol. The van der Waals surface area contributed by atoms with E-state index in [2.05, 4.69) is 29.7 Å². The Kier molecular flexibility index (Phi) is 10.2. The average Bonchev–Trinajstić information content (AvgIpc) is 2.68. The van der Waals surface area contributed by atoms with Crippen molar-refractivity contribution >= 4 is 17.9 Å². The predicted molar refractivity (Wildman–Crippen MR) is 110 cm³/mol. The van der Waals surface area contributed by atoms with Crippen LogP contribution in [0.5, 0.6) is 0 Å². The lowest BCUT2D eigenvalue weighted by atomic mass is 10.2. The molecule has 0 N–H and O–H groups in total. The maximum atomic E-state index is 11.6. The van der Waals surface area contributed by atoms with Crippen molar-refractivity contribution in [3.8, 4) is 0 Å². The molecule has 162 valence electrons. The van der Waals surface area contributed by atoms with Crippen LogP contribution in [-0.4, -0.2) is 47.7 Å². The van der Waals surface area contributed by atoms with E-state index in [0.717, 1.165) is 0 Å². The summed E-state index contributed by atoms with van der Waals surface area (Å²) < 4.78 is 15.3. The minimum Gasteiger partial charge on any atom is -0.462 e. The van der Waals surface area contributed by atoms with Gasteiger partial charge in [-0.25, -0.2) is 14.4 Å². The van der Waals surface area contributed by atoms with Gasteiger partial charge in [0.25, 0.3) is 0 Å². The molecule has 1 rings (SSSR count). The molecule has 0 saturated carbocycles. The second kappa shape index (κ2) is 12.3. The van der Waals surface area contributed by atoms with Crippen LogP contribution in [0.2, 0.25) is 0 Å². The van der Waals surface area contributed by atoms with Crippen LogP contribution in [0.3, 0.4) is 0 Å². The molecule has 1 aromatic rings. The van der Waals surface area contributed by atoms with E-state index in [1.165, 1.54) is 0 Å². The van der Waals surface area contributed by atoms with Crippen molar-refractivity contribution in [2.45, 2.75) is 40.0 Å². The van der Waals surface area contributed by atoms with Crippen LogP contribution in [0.25, 0.3) is 0 Å². The summed E-state index contributed by atoms with van der Waals surface area (Å²) in [5.41, 5.74) is 2.79. The standard InChI is InChI=1S/C22H28N2O6/c1-14(2)20(25)28-10-7-17-13-23-18(8-11-29-21(26)15(3)4)19(24-17)9-12-30-22(27)16(5)6/h13H,1,3,5,7-12H2,2,4,6H3. The Bertz CT molecular complexity index is 844. The number of hydrogen-bond acceptors (Lipinski definition) is 8. The van der Waals surface area contributed by atoms with Gasteiger partial charge < -0.3 is 14.2 Å². The molecule has 8 nitrogen and oxygen atoms in total. The van der Waals surface area contributed by atoms with Crippen molar-refractivity contribution in [2.75, 3.05) is 19.8 Å². The third-order valence-corrected chi connectivity index (χ3v) is 3.76. The van der Waals surface area contributed by atoms with E-state index in [-0.39, 0.29) is 19.8 Å². The van der Waals surface area contributed by atoms with E-state index >= 15 is 0 Å². The molecule has 0 unspecified atom stereocenters. The van der Waals surface area contributed by atoms with Crippen LogP contribution in [0.15, 0.2) is 42.7 Å². The number of ether oxygens (including phenoxy) is 3.